The number of benzene rings is 2. The zero-order chi connectivity index (χ0) is 26.8. The summed E-state index contributed by atoms with van der Waals surface area (Å²) in [6.45, 7) is 0. The number of hydrogen-bond acceptors (Lipinski definition) is 5. The molecule has 0 saturated heterocycles. The third kappa shape index (κ3) is 4.25. The first kappa shape index (κ1) is 24.0. The second-order valence-electron chi connectivity index (χ2n) is 9.64. The topological polar surface area (TPSA) is 113 Å². The summed E-state index contributed by atoms with van der Waals surface area (Å²) in [5, 5.41) is 18.2. The number of carbonyl (C=O) groups excluding carboxylic acids is 2. The monoisotopic (exact) mass is 528 g/mol. The number of anilines is 2. The molecule has 1 aromatic heterocycles. The van der Waals surface area contributed by atoms with Gasteiger partial charge < -0.3 is 25.8 Å². The van der Waals surface area contributed by atoms with E-state index in [9.17, 15) is 32.3 Å². The Labute approximate surface area is 213 Å². The van der Waals surface area contributed by atoms with E-state index in [1.807, 2.05) is 0 Å². The van der Waals surface area contributed by atoms with Crippen molar-refractivity contribution in [2.75, 3.05) is 10.6 Å². The number of fused-ring (bicyclic) bond motifs is 2. The number of aromatic nitrogens is 1. The number of alkyl halides is 3. The van der Waals surface area contributed by atoms with E-state index in [2.05, 4.69) is 20.9 Å². The molecule has 0 radical (unpaired) electrons. The van der Waals surface area contributed by atoms with Crippen molar-refractivity contribution >= 4 is 23.4 Å². The van der Waals surface area contributed by atoms with Gasteiger partial charge in [0.1, 0.15) is 28.9 Å². The maximum absolute atomic E-state index is 13.7. The number of halogens is 4. The summed E-state index contributed by atoms with van der Waals surface area (Å²) in [6.07, 6.45) is -1.83. The Morgan fingerprint density at radius 3 is 2.74 bits per heavy atom. The second kappa shape index (κ2) is 8.33. The molecule has 8 nitrogen and oxygen atoms in total. The molecule has 3 unspecified atom stereocenters. The lowest BCUT2D eigenvalue weighted by molar-refractivity contribution is -0.137. The fourth-order valence-electron chi connectivity index (χ4n) is 5.15. The molecule has 38 heavy (non-hydrogen) atoms. The molecule has 1 aliphatic heterocycles. The predicted octanol–water partition coefficient (Wildman–Crippen LogP) is 5.30. The van der Waals surface area contributed by atoms with Crippen molar-refractivity contribution in [2.24, 2.45) is 5.92 Å². The van der Waals surface area contributed by atoms with Gasteiger partial charge in [0.05, 0.1) is 11.1 Å². The summed E-state index contributed by atoms with van der Waals surface area (Å²) in [4.78, 5) is 28.4. The number of nitrogens with one attached hydrogen (secondary N) is 3. The van der Waals surface area contributed by atoms with Crippen LogP contribution in [0.2, 0.25) is 0 Å². The highest BCUT2D eigenvalue weighted by molar-refractivity contribution is 5.93. The molecule has 3 aliphatic rings. The molecule has 2 saturated carbocycles. The van der Waals surface area contributed by atoms with Gasteiger partial charge >= 0.3 is 12.2 Å². The minimum atomic E-state index is -4.76. The Morgan fingerprint density at radius 1 is 1.16 bits per heavy atom. The fourth-order valence-corrected chi connectivity index (χ4v) is 5.15. The van der Waals surface area contributed by atoms with Crippen LogP contribution < -0.4 is 20.7 Å². The second-order valence-corrected chi connectivity index (χ2v) is 9.64. The number of hydrogen-bond donors (Lipinski definition) is 4. The number of amides is 3. The van der Waals surface area contributed by atoms with Crippen molar-refractivity contribution in [3.8, 4) is 17.2 Å². The van der Waals surface area contributed by atoms with Crippen LogP contribution in [0.3, 0.4) is 0 Å². The molecule has 6 rings (SSSR count). The molecule has 2 fully saturated rings. The lowest BCUT2D eigenvalue weighted by Crippen LogP contribution is -2.36. The number of nitrogens with zero attached hydrogens (tertiary/aromatic N) is 1. The largest absolute Gasteiger partial charge is 0.508 e. The van der Waals surface area contributed by atoms with Crippen LogP contribution >= 0.6 is 0 Å². The Morgan fingerprint density at radius 2 is 1.97 bits per heavy atom. The van der Waals surface area contributed by atoms with Crippen LogP contribution in [0.5, 0.6) is 17.2 Å². The molecule has 3 atom stereocenters. The van der Waals surface area contributed by atoms with Crippen LogP contribution in [0.15, 0.2) is 48.7 Å². The normalized spacial score (nSPS) is 23.0. The van der Waals surface area contributed by atoms with Gasteiger partial charge in [-0.05, 0) is 61.2 Å². The Hall–Kier alpha value is -4.35. The highest BCUT2D eigenvalue weighted by Gasteiger charge is 2.80. The number of aromatic hydroxyl groups is 1. The van der Waals surface area contributed by atoms with E-state index in [-0.39, 0.29) is 29.2 Å². The van der Waals surface area contributed by atoms with E-state index in [1.54, 1.807) is 18.2 Å². The first-order valence-corrected chi connectivity index (χ1v) is 11.8. The zero-order valence-electron chi connectivity index (χ0n) is 19.5. The summed E-state index contributed by atoms with van der Waals surface area (Å²) in [5.74, 6) is -0.0153. The molecule has 2 aromatic carbocycles. The molecular weight excluding hydrogens is 508 g/mol. The van der Waals surface area contributed by atoms with E-state index >= 15 is 0 Å². The van der Waals surface area contributed by atoms with Gasteiger partial charge in [0, 0.05) is 35.3 Å². The number of phenolic OH excluding ortho intramolecular Hbond substituents is 1. The van der Waals surface area contributed by atoms with Crippen LogP contribution in [0, 0.1) is 11.7 Å². The highest BCUT2D eigenvalue weighted by Crippen LogP contribution is 2.77. The minimum Gasteiger partial charge on any atom is -0.508 e. The quantitative estimate of drug-likeness (QED) is 0.336. The van der Waals surface area contributed by atoms with E-state index in [0.29, 0.717) is 54.3 Å². The molecule has 196 valence electrons. The standard InChI is InChI=1S/C26H20F4N4O4/c27-13-7-12(26(28,29)30)8-14(9-13)32-24(37)34-25-11-18(25)22(25)17-10-15(1-3-19(17)35)38-20-5-6-31-23-16(20)2-4-21(36)33-23/h1,3,5-10,18,22,35H,2,4,11H2,(H,31,33,36)(H2,32,34,37). The third-order valence-electron chi connectivity index (χ3n) is 7.17. The summed E-state index contributed by atoms with van der Waals surface area (Å²) in [5.41, 5.74) is -0.868. The van der Waals surface area contributed by atoms with Gasteiger partial charge in [-0.25, -0.2) is 14.2 Å². The van der Waals surface area contributed by atoms with Crippen molar-refractivity contribution in [2.45, 2.75) is 36.9 Å². The van der Waals surface area contributed by atoms with Gasteiger partial charge in [0.25, 0.3) is 0 Å². The van der Waals surface area contributed by atoms with E-state index in [0.717, 1.165) is 11.6 Å². The molecular formula is C26H20F4N4O4. The third-order valence-corrected chi connectivity index (χ3v) is 7.17. The van der Waals surface area contributed by atoms with Crippen LogP contribution in [0.25, 0.3) is 0 Å². The molecule has 0 spiro atoms. The summed E-state index contributed by atoms with van der Waals surface area (Å²) >= 11 is 0. The Balaban J connectivity index is 1.16. The average molecular weight is 528 g/mol. The number of carbonyl (C=O) groups is 2. The Kier molecular flexibility index (Phi) is 5.27. The summed E-state index contributed by atoms with van der Waals surface area (Å²) in [6, 6.07) is 7.47. The SMILES string of the molecule is O=C1CCc2c(Oc3ccc(O)c(C4C5CC54NC(=O)Nc4cc(F)cc(C(F)(F)F)c4)c3)ccnc2N1. The van der Waals surface area contributed by atoms with Gasteiger partial charge in [-0.2, -0.15) is 13.2 Å². The molecule has 3 amide bonds. The molecule has 2 heterocycles. The van der Waals surface area contributed by atoms with Crippen LogP contribution in [0.4, 0.5) is 33.9 Å². The van der Waals surface area contributed by atoms with Gasteiger partial charge in [-0.3, -0.25) is 4.79 Å². The molecule has 0 bridgehead atoms. The predicted molar refractivity (Wildman–Crippen MR) is 127 cm³/mol. The average Bonchev–Trinajstić information content (AvgIpc) is 3.70. The smallest absolute Gasteiger partial charge is 0.416 e. The highest BCUT2D eigenvalue weighted by atomic mass is 19.4. The molecule has 4 N–H and O–H groups in total. The van der Waals surface area contributed by atoms with E-state index in [4.69, 9.17) is 4.74 Å². The first-order chi connectivity index (χ1) is 18.0. The molecule has 12 heteroatoms. The first-order valence-electron chi connectivity index (χ1n) is 11.8. The van der Waals surface area contributed by atoms with Crippen molar-refractivity contribution in [3.05, 3.63) is 71.2 Å². The van der Waals surface area contributed by atoms with Gasteiger partial charge in [-0.15, -0.1) is 0 Å². The maximum Gasteiger partial charge on any atom is 0.416 e. The number of urea groups is 1. The summed E-state index contributed by atoms with van der Waals surface area (Å²) < 4.78 is 58.6. The number of rotatable bonds is 5. The van der Waals surface area contributed by atoms with Crippen molar-refractivity contribution in [1.82, 2.24) is 10.3 Å². The van der Waals surface area contributed by atoms with Crippen LogP contribution in [-0.2, 0) is 17.4 Å². The maximum atomic E-state index is 13.7. The fraction of sp³-hybridized carbons (Fsp3) is 0.269. The minimum absolute atomic E-state index is 0.0140. The summed E-state index contributed by atoms with van der Waals surface area (Å²) in [7, 11) is 0. The van der Waals surface area contributed by atoms with Gasteiger partial charge in [0.2, 0.25) is 5.91 Å². The van der Waals surface area contributed by atoms with E-state index < -0.39 is 29.1 Å². The van der Waals surface area contributed by atoms with Gasteiger partial charge in [0.15, 0.2) is 0 Å². The van der Waals surface area contributed by atoms with E-state index in [1.165, 1.54) is 12.3 Å². The van der Waals surface area contributed by atoms with Crippen molar-refractivity contribution < 1.29 is 37.0 Å². The zero-order valence-corrected chi connectivity index (χ0v) is 19.5. The lowest BCUT2D eigenvalue weighted by Gasteiger charge is -2.20. The number of phenols is 1. The molecule has 3 aromatic rings. The molecule has 2 aliphatic carbocycles. The van der Waals surface area contributed by atoms with Crippen molar-refractivity contribution in [3.63, 3.8) is 0 Å². The van der Waals surface area contributed by atoms with Crippen molar-refractivity contribution in [1.29, 1.82) is 0 Å². The van der Waals surface area contributed by atoms with Gasteiger partial charge in [-0.1, -0.05) is 0 Å². The number of ether oxygens (including phenoxy) is 1. The van der Waals surface area contributed by atoms with Crippen LogP contribution in [0.1, 0.15) is 35.4 Å². The Bertz CT molecular complexity index is 1490. The van der Waals surface area contributed by atoms with Crippen LogP contribution in [-0.4, -0.2) is 27.6 Å². The number of pyridine rings is 1. The lowest BCUT2D eigenvalue weighted by atomic mass is 9.99.